The van der Waals surface area contributed by atoms with Crippen LogP contribution in [0.2, 0.25) is 5.02 Å². The van der Waals surface area contributed by atoms with E-state index in [4.69, 9.17) is 16.7 Å². The van der Waals surface area contributed by atoms with Crippen molar-refractivity contribution >= 4 is 17.6 Å². The average molecular weight is 329 g/mol. The molecule has 1 N–H and O–H groups in total. The summed E-state index contributed by atoms with van der Waals surface area (Å²) in [7, 11) is 0. The second-order valence-electron chi connectivity index (χ2n) is 5.70. The number of likely N-dealkylation sites (tertiary alicyclic amines) is 1. The molecule has 1 aromatic carbocycles. The third-order valence-electron chi connectivity index (χ3n) is 4.22. The number of halogens is 2. The van der Waals surface area contributed by atoms with Gasteiger partial charge in [-0.25, -0.2) is 4.39 Å². The summed E-state index contributed by atoms with van der Waals surface area (Å²) in [6, 6.07) is 4.92. The highest BCUT2D eigenvalue weighted by molar-refractivity contribution is 6.30. The van der Waals surface area contributed by atoms with Crippen LogP contribution in [0.5, 0.6) is 0 Å². The van der Waals surface area contributed by atoms with E-state index >= 15 is 0 Å². The van der Waals surface area contributed by atoms with E-state index in [1.54, 1.807) is 12.1 Å². The summed E-state index contributed by atoms with van der Waals surface area (Å²) in [5.74, 6) is -1.02. The molecule has 1 aliphatic rings. The lowest BCUT2D eigenvalue weighted by Crippen LogP contribution is -2.46. The summed E-state index contributed by atoms with van der Waals surface area (Å²) in [5.41, 5.74) is 0.615. The second kappa shape index (κ2) is 7.90. The minimum Gasteiger partial charge on any atom is -0.480 e. The minimum absolute atomic E-state index is 0.0874. The van der Waals surface area contributed by atoms with Crippen LogP contribution in [0.3, 0.4) is 0 Å². The van der Waals surface area contributed by atoms with Gasteiger partial charge in [0.15, 0.2) is 0 Å². The molecule has 6 heteroatoms. The normalized spacial score (nSPS) is 17.1. The van der Waals surface area contributed by atoms with Crippen molar-refractivity contribution in [3.63, 3.8) is 0 Å². The van der Waals surface area contributed by atoms with Gasteiger partial charge in [-0.2, -0.15) is 0 Å². The van der Waals surface area contributed by atoms with E-state index in [0.29, 0.717) is 23.2 Å². The van der Waals surface area contributed by atoms with Crippen LogP contribution in [0.15, 0.2) is 18.2 Å². The standard InChI is InChI=1S/C16H22ClFN2O2/c1-2-20(11-16(21)22)14-5-7-19(8-6-14)10-12-9-13(17)3-4-15(12)18/h3-4,9,14H,2,5-8,10-11H2,1H3,(H,21,22). The van der Waals surface area contributed by atoms with Crippen molar-refractivity contribution in [3.8, 4) is 0 Å². The van der Waals surface area contributed by atoms with E-state index in [0.717, 1.165) is 32.5 Å². The maximum atomic E-state index is 13.8. The van der Waals surface area contributed by atoms with Crippen molar-refractivity contribution in [3.05, 3.63) is 34.6 Å². The first-order chi connectivity index (χ1) is 10.5. The van der Waals surface area contributed by atoms with Gasteiger partial charge in [0, 0.05) is 23.2 Å². The molecule has 0 radical (unpaired) electrons. The molecular formula is C16H22ClFN2O2. The van der Waals surface area contributed by atoms with Crippen LogP contribution in [0.1, 0.15) is 25.3 Å². The molecule has 1 saturated heterocycles. The Hall–Kier alpha value is -1.17. The summed E-state index contributed by atoms with van der Waals surface area (Å²) in [6.07, 6.45) is 1.81. The molecule has 122 valence electrons. The van der Waals surface area contributed by atoms with Crippen LogP contribution in [-0.4, -0.2) is 53.1 Å². The summed E-state index contributed by atoms with van der Waals surface area (Å²) in [6.45, 7) is 5.03. The summed E-state index contributed by atoms with van der Waals surface area (Å²) in [4.78, 5) is 15.1. The molecular weight excluding hydrogens is 307 g/mol. The first-order valence-corrected chi connectivity index (χ1v) is 7.99. The largest absolute Gasteiger partial charge is 0.480 e. The molecule has 1 fully saturated rings. The van der Waals surface area contributed by atoms with Crippen molar-refractivity contribution in [2.24, 2.45) is 0 Å². The molecule has 0 bridgehead atoms. The zero-order valence-corrected chi connectivity index (χ0v) is 13.5. The number of carboxylic acids is 1. The SMILES string of the molecule is CCN(CC(=O)O)C1CCN(Cc2cc(Cl)ccc2F)CC1. The van der Waals surface area contributed by atoms with E-state index in [1.807, 2.05) is 11.8 Å². The van der Waals surface area contributed by atoms with Gasteiger partial charge in [-0.05, 0) is 50.7 Å². The first kappa shape index (κ1) is 17.2. The Kier molecular flexibility index (Phi) is 6.17. The van der Waals surface area contributed by atoms with E-state index in [2.05, 4.69) is 4.90 Å². The number of piperidine rings is 1. The fourth-order valence-corrected chi connectivity index (χ4v) is 3.22. The monoisotopic (exact) mass is 328 g/mol. The number of likely N-dealkylation sites (N-methyl/N-ethyl adjacent to an activating group) is 1. The number of carbonyl (C=O) groups is 1. The molecule has 1 aromatic rings. The zero-order chi connectivity index (χ0) is 16.1. The van der Waals surface area contributed by atoms with Crippen molar-refractivity contribution in [2.75, 3.05) is 26.2 Å². The van der Waals surface area contributed by atoms with Gasteiger partial charge >= 0.3 is 5.97 Å². The predicted molar refractivity (Wildman–Crippen MR) is 84.6 cm³/mol. The van der Waals surface area contributed by atoms with Crippen molar-refractivity contribution in [1.29, 1.82) is 0 Å². The molecule has 4 nitrogen and oxygen atoms in total. The molecule has 0 atom stereocenters. The van der Waals surface area contributed by atoms with Crippen LogP contribution in [0.4, 0.5) is 4.39 Å². The van der Waals surface area contributed by atoms with Crippen molar-refractivity contribution in [2.45, 2.75) is 32.4 Å². The first-order valence-electron chi connectivity index (χ1n) is 7.61. The molecule has 0 unspecified atom stereocenters. The number of carboxylic acid groups (broad SMARTS) is 1. The molecule has 0 saturated carbocycles. The van der Waals surface area contributed by atoms with E-state index in [9.17, 15) is 9.18 Å². The number of hydrogen-bond acceptors (Lipinski definition) is 3. The maximum absolute atomic E-state index is 13.8. The lowest BCUT2D eigenvalue weighted by molar-refractivity contribution is -0.139. The second-order valence-corrected chi connectivity index (χ2v) is 6.14. The maximum Gasteiger partial charge on any atom is 0.317 e. The van der Waals surface area contributed by atoms with E-state index in [1.165, 1.54) is 6.07 Å². The van der Waals surface area contributed by atoms with Crippen molar-refractivity contribution < 1.29 is 14.3 Å². The van der Waals surface area contributed by atoms with Crippen LogP contribution < -0.4 is 0 Å². The fourth-order valence-electron chi connectivity index (χ4n) is 3.02. The molecule has 0 aromatic heterocycles. The third kappa shape index (κ3) is 4.66. The van der Waals surface area contributed by atoms with E-state index in [-0.39, 0.29) is 12.4 Å². The highest BCUT2D eigenvalue weighted by Gasteiger charge is 2.25. The van der Waals surface area contributed by atoms with Gasteiger partial charge in [-0.15, -0.1) is 0 Å². The van der Waals surface area contributed by atoms with Crippen LogP contribution in [0, 0.1) is 5.82 Å². The molecule has 0 spiro atoms. The predicted octanol–water partition coefficient (Wildman–Crippen LogP) is 2.85. The summed E-state index contributed by atoms with van der Waals surface area (Å²) < 4.78 is 13.8. The van der Waals surface area contributed by atoms with Gasteiger partial charge in [0.1, 0.15) is 5.82 Å². The number of benzene rings is 1. The Bertz CT molecular complexity index is 519. The van der Waals surface area contributed by atoms with Gasteiger partial charge in [0.05, 0.1) is 6.54 Å². The minimum atomic E-state index is -0.787. The Morgan fingerprint density at radius 1 is 1.45 bits per heavy atom. The Balaban J connectivity index is 1.89. The number of hydrogen-bond donors (Lipinski definition) is 1. The number of aliphatic carboxylic acids is 1. The number of rotatable bonds is 6. The number of nitrogens with zero attached hydrogens (tertiary/aromatic N) is 2. The highest BCUT2D eigenvalue weighted by Crippen LogP contribution is 2.21. The van der Waals surface area contributed by atoms with Gasteiger partial charge in [-0.3, -0.25) is 14.6 Å². The van der Waals surface area contributed by atoms with Gasteiger partial charge in [0.2, 0.25) is 0 Å². The Morgan fingerprint density at radius 3 is 2.73 bits per heavy atom. The van der Waals surface area contributed by atoms with Gasteiger partial charge in [0.25, 0.3) is 0 Å². The lowest BCUT2D eigenvalue weighted by atomic mass is 10.0. The molecule has 0 amide bonds. The summed E-state index contributed by atoms with van der Waals surface area (Å²) >= 11 is 5.92. The smallest absolute Gasteiger partial charge is 0.317 e. The molecule has 1 aliphatic heterocycles. The van der Waals surface area contributed by atoms with Gasteiger partial charge in [-0.1, -0.05) is 18.5 Å². The van der Waals surface area contributed by atoms with Crippen LogP contribution >= 0.6 is 11.6 Å². The Morgan fingerprint density at radius 2 is 2.14 bits per heavy atom. The molecule has 2 rings (SSSR count). The molecule has 22 heavy (non-hydrogen) atoms. The zero-order valence-electron chi connectivity index (χ0n) is 12.8. The quantitative estimate of drug-likeness (QED) is 0.872. The molecule has 1 heterocycles. The van der Waals surface area contributed by atoms with Crippen LogP contribution in [-0.2, 0) is 11.3 Å². The van der Waals surface area contributed by atoms with E-state index < -0.39 is 5.97 Å². The Labute approximate surface area is 135 Å². The average Bonchev–Trinajstić information content (AvgIpc) is 2.49. The summed E-state index contributed by atoms with van der Waals surface area (Å²) in [5, 5.41) is 9.49. The third-order valence-corrected chi connectivity index (χ3v) is 4.45. The van der Waals surface area contributed by atoms with Crippen molar-refractivity contribution in [1.82, 2.24) is 9.80 Å². The fraction of sp³-hybridized carbons (Fsp3) is 0.562. The lowest BCUT2D eigenvalue weighted by Gasteiger charge is -2.37. The topological polar surface area (TPSA) is 43.8 Å². The van der Waals surface area contributed by atoms with Crippen LogP contribution in [0.25, 0.3) is 0 Å². The highest BCUT2D eigenvalue weighted by atomic mass is 35.5. The van der Waals surface area contributed by atoms with Gasteiger partial charge < -0.3 is 5.11 Å². The molecule has 0 aliphatic carbocycles.